The zero-order chi connectivity index (χ0) is 10.6. The van der Waals surface area contributed by atoms with Crippen molar-refractivity contribution in [1.82, 2.24) is 0 Å². The molecule has 0 aliphatic carbocycles. The molecule has 0 aromatic rings. The van der Waals surface area contributed by atoms with Crippen molar-refractivity contribution in [3.63, 3.8) is 0 Å². The Hall–Kier alpha value is -0.370. The van der Waals surface area contributed by atoms with E-state index in [9.17, 15) is 5.11 Å². The lowest BCUT2D eigenvalue weighted by atomic mass is 9.77. The Labute approximate surface area is 82.1 Å². The van der Waals surface area contributed by atoms with Crippen molar-refractivity contribution in [1.29, 1.82) is 0 Å². The maximum Gasteiger partial charge on any atom is 0.106 e. The molecule has 0 saturated heterocycles. The predicted octanol–water partition coefficient (Wildman–Crippen LogP) is 2.51. The Morgan fingerprint density at radius 1 is 1.23 bits per heavy atom. The van der Waals surface area contributed by atoms with Gasteiger partial charge in [-0.25, -0.2) is 0 Å². The molecule has 0 aromatic heterocycles. The molecule has 2 nitrogen and oxygen atoms in total. The minimum Gasteiger partial charge on any atom is -0.383 e. The van der Waals surface area contributed by atoms with E-state index < -0.39 is 5.60 Å². The number of hydrogen-bond acceptors (Lipinski definition) is 2. The topological polar surface area (TPSA) is 32.6 Å². The van der Waals surface area contributed by atoms with Gasteiger partial charge in [-0.15, -0.1) is 0 Å². The summed E-state index contributed by atoms with van der Waals surface area (Å²) >= 11 is 0. The molecule has 0 rings (SSSR count). The van der Waals surface area contributed by atoms with Gasteiger partial charge in [0.15, 0.2) is 0 Å². The lowest BCUT2D eigenvalue weighted by Gasteiger charge is -2.36. The first-order chi connectivity index (χ1) is 5.87. The molecule has 13 heavy (non-hydrogen) atoms. The van der Waals surface area contributed by atoms with Crippen LogP contribution in [0.15, 0.2) is 4.99 Å². The van der Waals surface area contributed by atoms with Gasteiger partial charge in [0, 0.05) is 12.3 Å². The van der Waals surface area contributed by atoms with Gasteiger partial charge in [0.25, 0.3) is 0 Å². The van der Waals surface area contributed by atoms with Crippen molar-refractivity contribution >= 4 is 5.71 Å². The zero-order valence-electron chi connectivity index (χ0n) is 9.76. The van der Waals surface area contributed by atoms with Crippen molar-refractivity contribution in [2.45, 2.75) is 47.1 Å². The van der Waals surface area contributed by atoms with E-state index in [2.05, 4.69) is 4.99 Å². The molecule has 0 radical (unpaired) electrons. The summed E-state index contributed by atoms with van der Waals surface area (Å²) in [7, 11) is 0. The third-order valence-electron chi connectivity index (χ3n) is 2.74. The van der Waals surface area contributed by atoms with Gasteiger partial charge >= 0.3 is 0 Å². The first kappa shape index (κ1) is 12.6. The molecule has 0 amide bonds. The second-order valence-electron chi connectivity index (χ2n) is 4.19. The summed E-state index contributed by atoms with van der Waals surface area (Å²) in [6, 6.07) is 0. The fourth-order valence-electron chi connectivity index (χ4n) is 1.87. The van der Waals surface area contributed by atoms with E-state index in [-0.39, 0.29) is 11.8 Å². The van der Waals surface area contributed by atoms with Gasteiger partial charge in [-0.3, -0.25) is 4.99 Å². The third-order valence-corrected chi connectivity index (χ3v) is 2.74. The summed E-state index contributed by atoms with van der Waals surface area (Å²) in [5.41, 5.74) is 0.121. The SMILES string of the molecule is CCN=C(C)C(O)(C(C)C)C(C)C. The van der Waals surface area contributed by atoms with E-state index in [0.29, 0.717) is 0 Å². The maximum atomic E-state index is 10.4. The van der Waals surface area contributed by atoms with Crippen LogP contribution in [-0.2, 0) is 0 Å². The highest BCUT2D eigenvalue weighted by Gasteiger charge is 2.37. The lowest BCUT2D eigenvalue weighted by molar-refractivity contribution is 0.0187. The van der Waals surface area contributed by atoms with Crippen molar-refractivity contribution < 1.29 is 5.11 Å². The van der Waals surface area contributed by atoms with Gasteiger partial charge in [-0.2, -0.15) is 0 Å². The van der Waals surface area contributed by atoms with Gasteiger partial charge in [-0.1, -0.05) is 27.7 Å². The normalized spacial score (nSPS) is 14.4. The molecule has 0 bridgehead atoms. The molecule has 0 fully saturated rings. The van der Waals surface area contributed by atoms with Crippen LogP contribution in [0.2, 0.25) is 0 Å². The molecule has 0 aliphatic rings. The fraction of sp³-hybridized carbons (Fsp3) is 0.909. The monoisotopic (exact) mass is 185 g/mol. The van der Waals surface area contributed by atoms with Crippen LogP contribution in [0.3, 0.4) is 0 Å². The highest BCUT2D eigenvalue weighted by Crippen LogP contribution is 2.27. The third kappa shape index (κ3) is 2.53. The van der Waals surface area contributed by atoms with Crippen molar-refractivity contribution in [3.8, 4) is 0 Å². The Bertz CT molecular complexity index is 175. The van der Waals surface area contributed by atoms with Crippen LogP contribution in [0, 0.1) is 11.8 Å². The molecular weight excluding hydrogens is 162 g/mol. The standard InChI is InChI=1S/C11H23NO/c1-7-12-10(6)11(13,8(2)3)9(4)5/h8-9,13H,7H2,1-6H3. The fourth-order valence-corrected chi connectivity index (χ4v) is 1.87. The lowest BCUT2D eigenvalue weighted by Crippen LogP contribution is -2.47. The first-order valence-electron chi connectivity index (χ1n) is 5.11. The molecule has 0 aromatic carbocycles. The van der Waals surface area contributed by atoms with Crippen LogP contribution in [0.4, 0.5) is 0 Å². The van der Waals surface area contributed by atoms with Gasteiger partial charge < -0.3 is 5.11 Å². The highest BCUT2D eigenvalue weighted by atomic mass is 16.3. The van der Waals surface area contributed by atoms with Gasteiger partial charge in [0.05, 0.1) is 0 Å². The highest BCUT2D eigenvalue weighted by molar-refractivity contribution is 5.90. The van der Waals surface area contributed by atoms with E-state index in [1.165, 1.54) is 0 Å². The minimum atomic E-state index is -0.740. The zero-order valence-corrected chi connectivity index (χ0v) is 9.76. The minimum absolute atomic E-state index is 0.211. The van der Waals surface area contributed by atoms with E-state index in [4.69, 9.17) is 0 Å². The average molecular weight is 185 g/mol. The number of hydrogen-bond donors (Lipinski definition) is 1. The Balaban J connectivity index is 4.90. The van der Waals surface area contributed by atoms with Crippen molar-refractivity contribution in [2.75, 3.05) is 6.54 Å². The Morgan fingerprint density at radius 2 is 1.62 bits per heavy atom. The summed E-state index contributed by atoms with van der Waals surface area (Å²) < 4.78 is 0. The maximum absolute atomic E-state index is 10.4. The summed E-state index contributed by atoms with van der Waals surface area (Å²) in [6.45, 7) is 12.8. The molecule has 0 aliphatic heterocycles. The van der Waals surface area contributed by atoms with Crippen LogP contribution in [0.5, 0.6) is 0 Å². The Morgan fingerprint density at radius 3 is 1.85 bits per heavy atom. The van der Waals surface area contributed by atoms with Crippen LogP contribution in [-0.4, -0.2) is 23.0 Å². The van der Waals surface area contributed by atoms with Gasteiger partial charge in [0.2, 0.25) is 0 Å². The molecule has 2 heteroatoms. The number of aliphatic imine (C=N–C) groups is 1. The predicted molar refractivity (Wildman–Crippen MR) is 58.3 cm³/mol. The molecule has 0 spiro atoms. The Kier molecular flexibility index (Phi) is 4.62. The van der Waals surface area contributed by atoms with Crippen LogP contribution < -0.4 is 0 Å². The average Bonchev–Trinajstić information content (AvgIpc) is 2.02. The van der Waals surface area contributed by atoms with E-state index >= 15 is 0 Å². The summed E-state index contributed by atoms with van der Waals surface area (Å²) in [6.07, 6.45) is 0. The summed E-state index contributed by atoms with van der Waals surface area (Å²) in [4.78, 5) is 4.31. The number of nitrogens with zero attached hydrogens (tertiary/aromatic N) is 1. The van der Waals surface area contributed by atoms with E-state index in [1.807, 2.05) is 41.5 Å². The van der Waals surface area contributed by atoms with Crippen LogP contribution >= 0.6 is 0 Å². The van der Waals surface area contributed by atoms with Crippen LogP contribution in [0.1, 0.15) is 41.5 Å². The molecule has 0 unspecified atom stereocenters. The molecule has 0 saturated carbocycles. The first-order valence-corrected chi connectivity index (χ1v) is 5.11. The largest absolute Gasteiger partial charge is 0.383 e. The molecule has 0 heterocycles. The summed E-state index contributed by atoms with van der Waals surface area (Å²) in [5, 5.41) is 10.4. The van der Waals surface area contributed by atoms with Crippen molar-refractivity contribution in [3.05, 3.63) is 0 Å². The van der Waals surface area contributed by atoms with E-state index in [0.717, 1.165) is 12.3 Å². The van der Waals surface area contributed by atoms with Crippen LogP contribution in [0.25, 0.3) is 0 Å². The molecule has 1 N–H and O–H groups in total. The quantitative estimate of drug-likeness (QED) is 0.671. The molecule has 0 atom stereocenters. The van der Waals surface area contributed by atoms with Gasteiger partial charge in [0.1, 0.15) is 5.60 Å². The molecule has 78 valence electrons. The van der Waals surface area contributed by atoms with Gasteiger partial charge in [-0.05, 0) is 25.7 Å². The van der Waals surface area contributed by atoms with E-state index in [1.54, 1.807) is 0 Å². The smallest absolute Gasteiger partial charge is 0.106 e. The number of rotatable bonds is 4. The second kappa shape index (κ2) is 4.75. The second-order valence-corrected chi connectivity index (χ2v) is 4.19. The number of aliphatic hydroxyl groups is 1. The molecular formula is C11H23NO. The van der Waals surface area contributed by atoms with Crippen molar-refractivity contribution in [2.24, 2.45) is 16.8 Å². The summed E-state index contributed by atoms with van der Waals surface area (Å²) in [5.74, 6) is 0.422.